The van der Waals surface area contributed by atoms with E-state index in [0.29, 0.717) is 0 Å². The van der Waals surface area contributed by atoms with Crippen molar-refractivity contribution >= 4 is 11.4 Å². The minimum atomic E-state index is 1.01. The first-order valence-electron chi connectivity index (χ1n) is 25.1. The van der Waals surface area contributed by atoms with Crippen LogP contribution in [-0.4, -0.2) is 4.70 Å². The fourth-order valence-electron chi connectivity index (χ4n) is 8.28. The Labute approximate surface area is 367 Å². The van der Waals surface area contributed by atoms with Crippen molar-refractivity contribution in [2.75, 3.05) is 0 Å². The molecule has 0 N–H and O–H groups in total. The third-order valence-corrected chi connectivity index (χ3v) is 13.3. The average molecular weight is 840 g/mol. The molecule has 0 atom stereocenters. The van der Waals surface area contributed by atoms with Gasteiger partial charge >= 0.3 is 77.6 Å². The molecule has 0 spiro atoms. The molecular formula is C55H92N2Ni. The molecule has 1 aliphatic heterocycles. The van der Waals surface area contributed by atoms with Gasteiger partial charge < -0.3 is 5.53 Å². The van der Waals surface area contributed by atoms with E-state index in [9.17, 15) is 5.53 Å². The summed E-state index contributed by atoms with van der Waals surface area (Å²) < 4.78 is 1.56. The molecular weight excluding hydrogens is 747 g/mol. The molecule has 2 nitrogen and oxygen atoms in total. The number of allylic oxidation sites excluding steroid dienone is 2. The normalized spacial score (nSPS) is 12.9. The fourth-order valence-corrected chi connectivity index (χ4v) is 9.52. The van der Waals surface area contributed by atoms with Crippen LogP contribution in [-0.2, 0) is 20.9 Å². The molecule has 1 heterocycles. The molecule has 0 amide bonds. The van der Waals surface area contributed by atoms with Crippen molar-refractivity contribution in [3.8, 4) is 0 Å². The van der Waals surface area contributed by atoms with Gasteiger partial charge in [0.05, 0.1) is 0 Å². The third kappa shape index (κ3) is 22.6. The van der Waals surface area contributed by atoms with Crippen molar-refractivity contribution < 1.29 is 19.1 Å². The summed E-state index contributed by atoms with van der Waals surface area (Å²) in [5.74, 6) is 0. The molecule has 0 fully saturated rings. The summed E-state index contributed by atoms with van der Waals surface area (Å²) in [5, 5.41) is 2.81. The predicted molar refractivity (Wildman–Crippen MR) is 255 cm³/mol. The van der Waals surface area contributed by atoms with Crippen LogP contribution in [0.5, 0.6) is 0 Å². The van der Waals surface area contributed by atoms with Crippen LogP contribution in [0.1, 0.15) is 249 Å². The number of nitrogens with zero attached hydrogens (tertiary/aromatic N) is 2. The molecule has 2 aromatic carbocycles. The molecule has 2 aromatic rings. The zero-order valence-electron chi connectivity index (χ0n) is 39.2. The number of aryl methyl sites for hydroxylation is 2. The first-order chi connectivity index (χ1) is 28.5. The Hall–Kier alpha value is -1.99. The van der Waals surface area contributed by atoms with Crippen LogP contribution in [0.3, 0.4) is 0 Å². The molecule has 0 unspecified atom stereocenters. The molecule has 1 aliphatic rings. The maximum atomic E-state index is 11.9. The van der Waals surface area contributed by atoms with E-state index in [-0.39, 0.29) is 0 Å². The fraction of sp³-hybridized carbons (Fsp3) is 0.709. The van der Waals surface area contributed by atoms with Gasteiger partial charge in [0, 0.05) is 22.3 Å². The summed E-state index contributed by atoms with van der Waals surface area (Å²) in [4.78, 5) is 0. The Morgan fingerprint density at radius 2 is 0.793 bits per heavy atom. The van der Waals surface area contributed by atoms with Crippen molar-refractivity contribution in [3.05, 3.63) is 87.5 Å². The summed E-state index contributed by atoms with van der Waals surface area (Å²) in [5.41, 5.74) is 21.6. The summed E-state index contributed by atoms with van der Waals surface area (Å²) in [7, 11) is 0. The number of hydrogen-bond donors (Lipinski definition) is 0. The molecule has 58 heavy (non-hydrogen) atoms. The maximum absolute atomic E-state index is 11.9. The summed E-state index contributed by atoms with van der Waals surface area (Å²) in [6, 6.07) is 17.7. The van der Waals surface area contributed by atoms with Gasteiger partial charge in [0.25, 0.3) is 0 Å². The number of unbranched alkanes of at least 4 members (excludes halogenated alkanes) is 23. The van der Waals surface area contributed by atoms with Gasteiger partial charge in [-0.05, 0) is 75.3 Å². The van der Waals surface area contributed by atoms with Gasteiger partial charge in [-0.3, -0.25) is 0 Å². The minimum absolute atomic E-state index is 1.01. The summed E-state index contributed by atoms with van der Waals surface area (Å²) in [6.07, 6.45) is 41.5. The van der Waals surface area contributed by atoms with E-state index in [0.717, 1.165) is 54.6 Å². The van der Waals surface area contributed by atoms with Crippen molar-refractivity contribution in [1.29, 1.82) is 0 Å². The van der Waals surface area contributed by atoms with Crippen molar-refractivity contribution in [3.63, 3.8) is 0 Å². The Kier molecular flexibility index (Phi) is 32.1. The molecule has 3 heteroatoms. The summed E-state index contributed by atoms with van der Waals surface area (Å²) in [6.45, 7) is 13.5. The number of hydrogen-bond acceptors (Lipinski definition) is 0. The monoisotopic (exact) mass is 839 g/mol. The second kappa shape index (κ2) is 35.7. The van der Waals surface area contributed by atoms with Gasteiger partial charge in [0.15, 0.2) is 0 Å². The number of benzene rings is 2. The van der Waals surface area contributed by atoms with Gasteiger partial charge in [-0.15, -0.1) is 0 Å². The van der Waals surface area contributed by atoms with Gasteiger partial charge in [0.1, 0.15) is 0 Å². The molecule has 0 aliphatic carbocycles. The van der Waals surface area contributed by atoms with Crippen LogP contribution in [0.4, 0.5) is 0 Å². The zero-order chi connectivity index (χ0) is 41.9. The summed E-state index contributed by atoms with van der Waals surface area (Å²) >= 11 is 1.97. The molecule has 0 radical (unpaired) electrons. The van der Waals surface area contributed by atoms with Gasteiger partial charge in [0.2, 0.25) is 11.4 Å². The standard InChI is InChI=1S/C45H70N2.2C5H11.Ni/c1-5-8-11-12-13-14-15-16-17-18-19-20-21-22-23-24-25-26-35-43-42(34-10-7-3)45(41-33-28-31-39(37-41)30-9-6-2)47(46)44(43)40-32-27-29-38(4)36-40;2*1-3-5-4-2;/h27-29,31-33,36-37H,5-26,30,34-35H2,1-4H3;2*1,3-5H2,2H3;. The topological polar surface area (TPSA) is 25.3 Å². The Morgan fingerprint density at radius 3 is 1.26 bits per heavy atom. The van der Waals surface area contributed by atoms with E-state index in [1.807, 2.05) is 14.4 Å². The van der Waals surface area contributed by atoms with E-state index in [2.05, 4.69) is 90.1 Å². The van der Waals surface area contributed by atoms with Crippen LogP contribution in [0.2, 0.25) is 10.8 Å². The van der Waals surface area contributed by atoms with Crippen molar-refractivity contribution in [1.82, 2.24) is 0 Å². The van der Waals surface area contributed by atoms with Crippen LogP contribution >= 0.6 is 0 Å². The first-order valence-corrected chi connectivity index (χ1v) is 26.5. The van der Waals surface area contributed by atoms with E-state index >= 15 is 0 Å². The van der Waals surface area contributed by atoms with Gasteiger partial charge in [-0.1, -0.05) is 173 Å². The van der Waals surface area contributed by atoms with Crippen LogP contribution < -0.4 is 0 Å². The van der Waals surface area contributed by atoms with Gasteiger partial charge in [-0.25, -0.2) is 4.70 Å². The second-order valence-corrected chi connectivity index (χ2v) is 18.9. The second-order valence-electron chi connectivity index (χ2n) is 17.4. The quantitative estimate of drug-likeness (QED) is 0.0375. The molecule has 3 rings (SSSR count). The third-order valence-electron chi connectivity index (χ3n) is 11.9. The van der Waals surface area contributed by atoms with Crippen LogP contribution in [0, 0.1) is 6.92 Å². The molecule has 0 saturated carbocycles. The molecule has 0 bridgehead atoms. The van der Waals surface area contributed by atoms with Crippen molar-refractivity contribution in [2.45, 2.75) is 251 Å². The SMILES string of the molecule is CCCCCCCCCCCCCCCCCCCCC1=C(c2cccc(C)c2)[N+](=[N-])C(c2cccc(CCCC)c2)=C1CCCC.CCCC[CH2][Ni][CH2]CCCC. The molecule has 332 valence electrons. The predicted octanol–water partition coefficient (Wildman–Crippen LogP) is 19.4. The van der Waals surface area contributed by atoms with Crippen molar-refractivity contribution in [2.24, 2.45) is 0 Å². The number of rotatable bonds is 35. The average Bonchev–Trinajstić information content (AvgIpc) is 3.51. The van der Waals surface area contributed by atoms with E-state index in [1.54, 1.807) is 4.70 Å². The Morgan fingerprint density at radius 1 is 0.414 bits per heavy atom. The van der Waals surface area contributed by atoms with E-state index in [4.69, 9.17) is 0 Å². The molecule has 0 saturated heterocycles. The van der Waals surface area contributed by atoms with Gasteiger partial charge in [-0.2, -0.15) is 0 Å². The van der Waals surface area contributed by atoms with E-state index in [1.165, 1.54) is 200 Å². The zero-order valence-corrected chi connectivity index (χ0v) is 40.2. The first kappa shape index (κ1) is 52.2. The van der Waals surface area contributed by atoms with Crippen LogP contribution in [0.15, 0.2) is 59.7 Å². The van der Waals surface area contributed by atoms with Crippen LogP contribution in [0.25, 0.3) is 16.9 Å². The Bertz CT molecular complexity index is 1380. The molecule has 0 aromatic heterocycles. The Balaban J connectivity index is 0.000000918. The van der Waals surface area contributed by atoms with E-state index < -0.39 is 0 Å².